The number of benzene rings is 2. The van der Waals surface area contributed by atoms with Crippen LogP contribution in [0.15, 0.2) is 65.7 Å². The van der Waals surface area contributed by atoms with Crippen molar-refractivity contribution >= 4 is 32.5 Å². The Balaban J connectivity index is 1.27. The molecule has 2 aromatic carbocycles. The minimum absolute atomic E-state index is 0.00898. The van der Waals surface area contributed by atoms with Crippen molar-refractivity contribution in [3.63, 3.8) is 0 Å². The van der Waals surface area contributed by atoms with E-state index in [0.29, 0.717) is 51.1 Å². The number of nitrogens with zero attached hydrogens (tertiary/aromatic N) is 4. The van der Waals surface area contributed by atoms with Gasteiger partial charge in [0.15, 0.2) is 0 Å². The van der Waals surface area contributed by atoms with E-state index in [1.165, 1.54) is 16.4 Å². The molecule has 0 aliphatic carbocycles. The summed E-state index contributed by atoms with van der Waals surface area (Å²) in [5, 5.41) is 0.771. The van der Waals surface area contributed by atoms with Crippen LogP contribution >= 0.6 is 0 Å². The molecule has 3 heterocycles. The number of amides is 1. The summed E-state index contributed by atoms with van der Waals surface area (Å²) >= 11 is 0. The van der Waals surface area contributed by atoms with E-state index in [2.05, 4.69) is 9.88 Å². The maximum Gasteiger partial charge on any atom is 0.245 e. The van der Waals surface area contributed by atoms with Crippen LogP contribution in [-0.2, 0) is 14.8 Å². The van der Waals surface area contributed by atoms with Gasteiger partial charge < -0.3 is 9.80 Å². The summed E-state index contributed by atoms with van der Waals surface area (Å²) < 4.78 is 41.6. The molecular formula is C25H27FN4O3S. The molecule has 178 valence electrons. The van der Waals surface area contributed by atoms with Gasteiger partial charge in [-0.05, 0) is 49.2 Å². The number of piperidine rings is 1. The first-order valence-corrected chi connectivity index (χ1v) is 13.0. The van der Waals surface area contributed by atoms with Gasteiger partial charge in [0.25, 0.3) is 0 Å². The molecule has 0 saturated carbocycles. The van der Waals surface area contributed by atoms with Crippen LogP contribution in [0.2, 0.25) is 0 Å². The number of hydrogen-bond acceptors (Lipinski definition) is 5. The Morgan fingerprint density at radius 2 is 1.68 bits per heavy atom. The fourth-order valence-electron chi connectivity index (χ4n) is 4.88. The Kier molecular flexibility index (Phi) is 6.22. The van der Waals surface area contributed by atoms with Gasteiger partial charge in [-0.3, -0.25) is 9.78 Å². The van der Waals surface area contributed by atoms with E-state index < -0.39 is 10.0 Å². The molecule has 1 aromatic heterocycles. The van der Waals surface area contributed by atoms with Crippen molar-refractivity contribution in [1.29, 1.82) is 0 Å². The molecule has 0 bridgehead atoms. The molecule has 0 N–H and O–H groups in total. The van der Waals surface area contributed by atoms with Crippen molar-refractivity contribution in [1.82, 2.24) is 14.2 Å². The standard InChI is InChI=1S/C25H27FN4O3S/c26-21-8-10-22(11-9-21)28-14-16-29(17-15-28)25(31)20-6-3-13-30(18-20)34(32,33)23-7-1-4-19-5-2-12-27-24(19)23/h1-2,4-5,7-12,20H,3,6,13-18H2/t20-/m1/s1. The number of fused-ring (bicyclic) bond motifs is 1. The first kappa shape index (κ1) is 22.7. The highest BCUT2D eigenvalue weighted by Gasteiger charge is 2.36. The van der Waals surface area contributed by atoms with Gasteiger partial charge in [0.05, 0.1) is 11.4 Å². The largest absolute Gasteiger partial charge is 0.368 e. The third-order valence-corrected chi connectivity index (χ3v) is 8.63. The molecule has 7 nitrogen and oxygen atoms in total. The molecule has 9 heteroatoms. The van der Waals surface area contributed by atoms with Crippen molar-refractivity contribution in [2.45, 2.75) is 17.7 Å². The lowest BCUT2D eigenvalue weighted by atomic mass is 9.97. The van der Waals surface area contributed by atoms with Gasteiger partial charge in [-0.1, -0.05) is 18.2 Å². The summed E-state index contributed by atoms with van der Waals surface area (Å²) in [5.74, 6) is -0.618. The molecular weight excluding hydrogens is 455 g/mol. The quantitative estimate of drug-likeness (QED) is 0.571. The Labute approximate surface area is 198 Å². The fraction of sp³-hybridized carbons (Fsp3) is 0.360. The summed E-state index contributed by atoms with van der Waals surface area (Å²) in [6.45, 7) is 3.03. The second-order valence-electron chi connectivity index (χ2n) is 8.82. The number of sulfonamides is 1. The van der Waals surface area contributed by atoms with E-state index in [-0.39, 0.29) is 29.1 Å². The Morgan fingerprint density at radius 1 is 0.941 bits per heavy atom. The minimum atomic E-state index is -3.77. The number of aromatic nitrogens is 1. The predicted octanol–water partition coefficient (Wildman–Crippen LogP) is 3.12. The summed E-state index contributed by atoms with van der Waals surface area (Å²) in [5.41, 5.74) is 1.39. The Morgan fingerprint density at radius 3 is 2.44 bits per heavy atom. The van der Waals surface area contributed by atoms with Gasteiger partial charge in [-0.25, -0.2) is 12.8 Å². The predicted molar refractivity (Wildman–Crippen MR) is 128 cm³/mol. The maximum absolute atomic E-state index is 13.5. The molecule has 2 fully saturated rings. The third-order valence-electron chi connectivity index (χ3n) is 6.73. The lowest BCUT2D eigenvalue weighted by Gasteiger charge is -2.39. The normalized spacial score (nSPS) is 20.0. The smallest absolute Gasteiger partial charge is 0.245 e. The van der Waals surface area contributed by atoms with Gasteiger partial charge in [0.2, 0.25) is 15.9 Å². The van der Waals surface area contributed by atoms with E-state index >= 15 is 0 Å². The molecule has 2 aliphatic heterocycles. The summed E-state index contributed by atoms with van der Waals surface area (Å²) in [4.78, 5) is 21.7. The topological polar surface area (TPSA) is 73.8 Å². The number of hydrogen-bond donors (Lipinski definition) is 0. The highest BCUT2D eigenvalue weighted by Crippen LogP contribution is 2.29. The Hall–Kier alpha value is -3.04. The van der Waals surface area contributed by atoms with Gasteiger partial charge in [0.1, 0.15) is 10.7 Å². The first-order chi connectivity index (χ1) is 16.4. The number of anilines is 1. The Bertz CT molecular complexity index is 1290. The lowest BCUT2D eigenvalue weighted by molar-refractivity contribution is -0.137. The van der Waals surface area contributed by atoms with E-state index in [4.69, 9.17) is 0 Å². The van der Waals surface area contributed by atoms with E-state index in [9.17, 15) is 17.6 Å². The highest BCUT2D eigenvalue weighted by atomic mass is 32.2. The van der Waals surface area contributed by atoms with Gasteiger partial charge in [0, 0.05) is 56.5 Å². The molecule has 34 heavy (non-hydrogen) atoms. The number of pyridine rings is 1. The van der Waals surface area contributed by atoms with Crippen molar-refractivity contribution in [2.24, 2.45) is 5.92 Å². The molecule has 2 aliphatic rings. The van der Waals surface area contributed by atoms with Crippen LogP contribution in [-0.4, -0.2) is 67.8 Å². The second-order valence-corrected chi connectivity index (χ2v) is 10.7. The summed E-state index contributed by atoms with van der Waals surface area (Å²) in [7, 11) is -3.77. The van der Waals surface area contributed by atoms with E-state index in [0.717, 1.165) is 11.1 Å². The molecule has 0 spiro atoms. The molecule has 0 unspecified atom stereocenters. The van der Waals surface area contributed by atoms with Crippen LogP contribution in [0.1, 0.15) is 12.8 Å². The maximum atomic E-state index is 13.5. The number of carbonyl (C=O) groups excluding carboxylic acids is 1. The number of rotatable bonds is 4. The van der Waals surface area contributed by atoms with Crippen LogP contribution in [0.25, 0.3) is 10.9 Å². The van der Waals surface area contributed by atoms with Crippen molar-refractivity contribution in [3.8, 4) is 0 Å². The minimum Gasteiger partial charge on any atom is -0.368 e. The number of halogens is 1. The zero-order valence-corrected chi connectivity index (χ0v) is 19.6. The summed E-state index contributed by atoms with van der Waals surface area (Å²) in [6.07, 6.45) is 2.91. The average Bonchev–Trinajstić information content (AvgIpc) is 2.88. The molecule has 3 aromatic rings. The SMILES string of the molecule is O=C([C@@H]1CCCN(S(=O)(=O)c2cccc3cccnc23)C1)N1CCN(c2ccc(F)cc2)CC1. The highest BCUT2D eigenvalue weighted by molar-refractivity contribution is 7.89. The van der Waals surface area contributed by atoms with Crippen LogP contribution in [0.3, 0.4) is 0 Å². The van der Waals surface area contributed by atoms with Crippen molar-refractivity contribution < 1.29 is 17.6 Å². The zero-order valence-electron chi connectivity index (χ0n) is 18.8. The zero-order chi connectivity index (χ0) is 23.7. The second kappa shape index (κ2) is 9.31. The van der Waals surface area contributed by atoms with Crippen molar-refractivity contribution in [2.75, 3.05) is 44.2 Å². The van der Waals surface area contributed by atoms with Crippen molar-refractivity contribution in [3.05, 3.63) is 66.6 Å². The first-order valence-electron chi connectivity index (χ1n) is 11.6. The van der Waals surface area contributed by atoms with Gasteiger partial charge in [-0.15, -0.1) is 0 Å². The summed E-state index contributed by atoms with van der Waals surface area (Å²) in [6, 6.07) is 15.2. The molecule has 1 atom stereocenters. The van der Waals surface area contributed by atoms with E-state index in [1.807, 2.05) is 17.0 Å². The van der Waals surface area contributed by atoms with Crippen LogP contribution in [0.5, 0.6) is 0 Å². The van der Waals surface area contributed by atoms with Gasteiger partial charge >= 0.3 is 0 Å². The molecule has 2 saturated heterocycles. The fourth-order valence-corrected chi connectivity index (χ4v) is 6.57. The number of piperazine rings is 1. The average molecular weight is 483 g/mol. The van der Waals surface area contributed by atoms with Crippen LogP contribution in [0, 0.1) is 11.7 Å². The lowest BCUT2D eigenvalue weighted by Crippen LogP contribution is -2.53. The number of para-hydroxylation sites is 1. The van der Waals surface area contributed by atoms with Crippen LogP contribution < -0.4 is 4.90 Å². The number of carbonyl (C=O) groups is 1. The van der Waals surface area contributed by atoms with E-state index in [1.54, 1.807) is 36.5 Å². The molecule has 1 amide bonds. The monoisotopic (exact) mass is 482 g/mol. The van der Waals surface area contributed by atoms with Gasteiger partial charge in [-0.2, -0.15) is 4.31 Å². The molecule has 5 rings (SSSR count). The molecule has 0 radical (unpaired) electrons. The third kappa shape index (κ3) is 4.37. The van der Waals surface area contributed by atoms with Crippen LogP contribution in [0.4, 0.5) is 10.1 Å².